The van der Waals surface area contributed by atoms with E-state index < -0.39 is 16.9 Å². The highest BCUT2D eigenvalue weighted by atomic mass is 32.2. The summed E-state index contributed by atoms with van der Waals surface area (Å²) in [4.78, 5) is 26.4. The van der Waals surface area contributed by atoms with Crippen LogP contribution in [0.2, 0.25) is 0 Å². The van der Waals surface area contributed by atoms with Crippen molar-refractivity contribution < 1.29 is 14.3 Å². The van der Waals surface area contributed by atoms with E-state index in [0.717, 1.165) is 11.8 Å². The topological polar surface area (TPSA) is 105 Å². The van der Waals surface area contributed by atoms with Gasteiger partial charge in [0.1, 0.15) is 16.0 Å². The second kappa shape index (κ2) is 7.97. The van der Waals surface area contributed by atoms with Gasteiger partial charge in [0.2, 0.25) is 0 Å². The molecular formula is C22H16N2O5S. The zero-order chi connectivity index (χ0) is 21.3. The van der Waals surface area contributed by atoms with Crippen molar-refractivity contribution >= 4 is 33.6 Å². The van der Waals surface area contributed by atoms with Crippen LogP contribution in [0.3, 0.4) is 0 Å². The molecule has 2 heterocycles. The Labute approximate surface area is 174 Å². The number of aryl methyl sites for hydroxylation is 1. The minimum absolute atomic E-state index is 0.0290. The number of ether oxygens (including phenoxy) is 1. The highest BCUT2D eigenvalue weighted by molar-refractivity contribution is 7.99. The zero-order valence-corrected chi connectivity index (χ0v) is 16.7. The van der Waals surface area contributed by atoms with E-state index in [4.69, 9.17) is 14.4 Å². The Bertz CT molecular complexity index is 1430. The van der Waals surface area contributed by atoms with Crippen LogP contribution in [0.4, 0.5) is 0 Å². The summed E-state index contributed by atoms with van der Waals surface area (Å²) >= 11 is 0.986. The van der Waals surface area contributed by atoms with E-state index in [1.807, 2.05) is 6.07 Å². The second-order valence-electron chi connectivity index (χ2n) is 6.43. The van der Waals surface area contributed by atoms with E-state index in [2.05, 4.69) is 0 Å². The fourth-order valence-electron chi connectivity index (χ4n) is 3.30. The first-order valence-corrected chi connectivity index (χ1v) is 9.87. The molecule has 0 aliphatic carbocycles. The molecule has 4 aromatic rings. The van der Waals surface area contributed by atoms with E-state index in [-0.39, 0.29) is 28.8 Å². The van der Waals surface area contributed by atoms with Crippen LogP contribution in [0, 0.1) is 11.3 Å². The summed E-state index contributed by atoms with van der Waals surface area (Å²) < 4.78 is 12.1. The van der Waals surface area contributed by atoms with Gasteiger partial charge in [0.15, 0.2) is 11.3 Å². The highest BCUT2D eigenvalue weighted by Crippen LogP contribution is 2.37. The number of nitriles is 1. The lowest BCUT2D eigenvalue weighted by Crippen LogP contribution is -2.22. The SMILES string of the molecule is COc1cccc(Sc2c(O)c3c(=O)n(CCC#N)c4ccccc4c3oc2=O)c1. The highest BCUT2D eigenvalue weighted by Gasteiger charge is 2.22. The molecule has 30 heavy (non-hydrogen) atoms. The Hall–Kier alpha value is -3.70. The molecular weight excluding hydrogens is 404 g/mol. The van der Waals surface area contributed by atoms with Crippen molar-refractivity contribution in [3.63, 3.8) is 0 Å². The minimum Gasteiger partial charge on any atom is -0.505 e. The number of rotatable bonds is 5. The molecule has 0 unspecified atom stereocenters. The van der Waals surface area contributed by atoms with Gasteiger partial charge in [-0.1, -0.05) is 30.0 Å². The van der Waals surface area contributed by atoms with Gasteiger partial charge >= 0.3 is 5.63 Å². The quantitative estimate of drug-likeness (QED) is 0.488. The summed E-state index contributed by atoms with van der Waals surface area (Å²) in [5.41, 5.74) is -0.706. The Morgan fingerprint density at radius 1 is 1.20 bits per heavy atom. The maximum Gasteiger partial charge on any atom is 0.354 e. The average Bonchev–Trinajstić information content (AvgIpc) is 2.76. The fourth-order valence-corrected chi connectivity index (χ4v) is 4.18. The first kappa shape index (κ1) is 19.6. The van der Waals surface area contributed by atoms with Gasteiger partial charge in [0.25, 0.3) is 5.56 Å². The molecule has 0 bridgehead atoms. The van der Waals surface area contributed by atoms with Crippen molar-refractivity contribution in [1.29, 1.82) is 5.26 Å². The summed E-state index contributed by atoms with van der Waals surface area (Å²) in [5, 5.41) is 20.3. The minimum atomic E-state index is -0.743. The molecule has 2 aromatic heterocycles. The van der Waals surface area contributed by atoms with Gasteiger partial charge in [-0.2, -0.15) is 5.26 Å². The number of fused-ring (bicyclic) bond motifs is 3. The van der Waals surface area contributed by atoms with Gasteiger partial charge in [-0.05, 0) is 30.3 Å². The number of hydrogen-bond acceptors (Lipinski definition) is 7. The third-order valence-electron chi connectivity index (χ3n) is 4.67. The van der Waals surface area contributed by atoms with Crippen molar-refractivity contribution in [2.45, 2.75) is 22.8 Å². The molecule has 150 valence electrons. The Morgan fingerprint density at radius 2 is 2.00 bits per heavy atom. The second-order valence-corrected chi connectivity index (χ2v) is 7.52. The lowest BCUT2D eigenvalue weighted by Gasteiger charge is -2.13. The number of nitrogens with zero attached hydrogens (tertiary/aromatic N) is 2. The predicted molar refractivity (Wildman–Crippen MR) is 113 cm³/mol. The normalized spacial score (nSPS) is 10.9. The van der Waals surface area contributed by atoms with Gasteiger partial charge in [-0.15, -0.1) is 0 Å². The van der Waals surface area contributed by atoms with Crippen LogP contribution >= 0.6 is 11.8 Å². The summed E-state index contributed by atoms with van der Waals surface area (Å²) in [7, 11) is 1.53. The number of para-hydroxylation sites is 1. The van der Waals surface area contributed by atoms with Crippen LogP contribution < -0.4 is 15.9 Å². The fraction of sp³-hybridized carbons (Fsp3) is 0.136. The van der Waals surface area contributed by atoms with E-state index in [0.29, 0.717) is 21.5 Å². The first-order chi connectivity index (χ1) is 14.5. The number of aromatic hydroxyl groups is 1. The van der Waals surface area contributed by atoms with E-state index in [1.165, 1.54) is 11.7 Å². The molecule has 1 N–H and O–H groups in total. The van der Waals surface area contributed by atoms with Crippen LogP contribution in [0.15, 0.2) is 72.3 Å². The molecule has 7 nitrogen and oxygen atoms in total. The molecule has 0 aliphatic heterocycles. The van der Waals surface area contributed by atoms with Crippen molar-refractivity contribution in [3.8, 4) is 17.6 Å². The van der Waals surface area contributed by atoms with Gasteiger partial charge < -0.3 is 18.8 Å². The maximum absolute atomic E-state index is 13.2. The van der Waals surface area contributed by atoms with E-state index >= 15 is 0 Å². The molecule has 8 heteroatoms. The molecule has 0 spiro atoms. The molecule has 0 saturated carbocycles. The van der Waals surface area contributed by atoms with E-state index in [9.17, 15) is 14.7 Å². The van der Waals surface area contributed by atoms with Crippen LogP contribution in [-0.2, 0) is 6.54 Å². The smallest absolute Gasteiger partial charge is 0.354 e. The average molecular weight is 420 g/mol. The van der Waals surface area contributed by atoms with Crippen LogP contribution in [0.25, 0.3) is 21.9 Å². The van der Waals surface area contributed by atoms with E-state index in [1.54, 1.807) is 48.5 Å². The van der Waals surface area contributed by atoms with Crippen molar-refractivity contribution in [2.24, 2.45) is 0 Å². The third-order valence-corrected chi connectivity index (χ3v) is 5.72. The largest absolute Gasteiger partial charge is 0.505 e. The standard InChI is InChI=1S/C22H16N2O5S/c1-28-13-6-4-7-14(12-13)30-20-18(25)17-19(29-22(20)27)15-8-2-3-9-16(15)24(21(17)26)11-5-10-23/h2-4,6-9,12,25H,5,11H2,1H3. The summed E-state index contributed by atoms with van der Waals surface area (Å²) in [5.74, 6) is 0.157. The molecule has 0 saturated heterocycles. The number of methoxy groups -OCH3 is 1. The monoisotopic (exact) mass is 420 g/mol. The molecule has 4 rings (SSSR count). The summed E-state index contributed by atoms with van der Waals surface area (Å²) in [6.45, 7) is 0.155. The number of benzene rings is 2. The van der Waals surface area contributed by atoms with Crippen molar-refractivity contribution in [1.82, 2.24) is 4.57 Å². The van der Waals surface area contributed by atoms with Crippen molar-refractivity contribution in [3.05, 3.63) is 69.3 Å². The van der Waals surface area contributed by atoms with Gasteiger partial charge in [0, 0.05) is 16.8 Å². The summed E-state index contributed by atoms with van der Waals surface area (Å²) in [6, 6.07) is 15.9. The number of hydrogen-bond donors (Lipinski definition) is 1. The molecule has 0 radical (unpaired) electrons. The molecule has 2 aromatic carbocycles. The molecule has 0 aliphatic rings. The van der Waals surface area contributed by atoms with Crippen LogP contribution in [0.1, 0.15) is 6.42 Å². The van der Waals surface area contributed by atoms with Crippen molar-refractivity contribution in [2.75, 3.05) is 7.11 Å². The molecule has 0 amide bonds. The lowest BCUT2D eigenvalue weighted by atomic mass is 10.1. The third kappa shape index (κ3) is 3.29. The molecule has 0 fully saturated rings. The maximum atomic E-state index is 13.2. The van der Waals surface area contributed by atoms with Gasteiger partial charge in [-0.25, -0.2) is 4.79 Å². The Balaban J connectivity index is 2.00. The predicted octanol–water partition coefficient (Wildman–Crippen LogP) is 3.89. The lowest BCUT2D eigenvalue weighted by molar-refractivity contribution is 0.413. The summed E-state index contributed by atoms with van der Waals surface area (Å²) in [6.07, 6.45) is 0.123. The zero-order valence-electron chi connectivity index (χ0n) is 15.9. The number of pyridine rings is 1. The van der Waals surface area contributed by atoms with Crippen LogP contribution in [-0.4, -0.2) is 16.8 Å². The van der Waals surface area contributed by atoms with Gasteiger partial charge in [0.05, 0.1) is 25.1 Å². The van der Waals surface area contributed by atoms with Crippen LogP contribution in [0.5, 0.6) is 11.5 Å². The Kier molecular flexibility index (Phi) is 5.21. The number of aromatic nitrogens is 1. The van der Waals surface area contributed by atoms with Gasteiger partial charge in [-0.3, -0.25) is 4.79 Å². The molecule has 0 atom stereocenters. The first-order valence-electron chi connectivity index (χ1n) is 9.05. The Morgan fingerprint density at radius 3 is 2.77 bits per heavy atom.